The Kier molecular flexibility index (Phi) is 4.93. The van der Waals surface area contributed by atoms with Crippen LogP contribution in [0.5, 0.6) is 0 Å². The molecule has 2 aromatic heterocycles. The van der Waals surface area contributed by atoms with Crippen LogP contribution in [0.2, 0.25) is 0 Å². The van der Waals surface area contributed by atoms with Gasteiger partial charge in [0.2, 0.25) is 0 Å². The van der Waals surface area contributed by atoms with E-state index >= 15 is 0 Å². The molecule has 5 nitrogen and oxygen atoms in total. The molecular weight excluding hydrogens is 374 g/mol. The van der Waals surface area contributed by atoms with Crippen molar-refractivity contribution < 1.29 is 9.21 Å². The van der Waals surface area contributed by atoms with Crippen LogP contribution in [-0.2, 0) is 0 Å². The highest BCUT2D eigenvalue weighted by molar-refractivity contribution is 6.07. The van der Waals surface area contributed by atoms with Crippen molar-refractivity contribution in [1.82, 2.24) is 10.3 Å². The van der Waals surface area contributed by atoms with Gasteiger partial charge in [-0.3, -0.25) is 4.79 Å². The zero-order valence-corrected chi connectivity index (χ0v) is 16.6. The summed E-state index contributed by atoms with van der Waals surface area (Å²) in [5.41, 5.74) is 3.33. The SMILES string of the molecule is O=C(NCC1CCN(c2ccccc2)C1)c1cc(-c2ccco2)nc2ccccc12. The summed E-state index contributed by atoms with van der Waals surface area (Å²) >= 11 is 0. The molecule has 5 rings (SSSR count). The Morgan fingerprint density at radius 3 is 2.73 bits per heavy atom. The number of nitrogens with zero attached hydrogens (tertiary/aromatic N) is 2. The first-order valence-corrected chi connectivity index (χ1v) is 10.3. The van der Waals surface area contributed by atoms with Gasteiger partial charge in [0.25, 0.3) is 5.91 Å². The molecule has 0 bridgehead atoms. The number of fused-ring (bicyclic) bond motifs is 1. The summed E-state index contributed by atoms with van der Waals surface area (Å²) in [6.45, 7) is 2.64. The molecule has 1 fully saturated rings. The number of amides is 1. The minimum Gasteiger partial charge on any atom is -0.463 e. The van der Waals surface area contributed by atoms with Gasteiger partial charge in [-0.1, -0.05) is 36.4 Å². The Morgan fingerprint density at radius 1 is 1.07 bits per heavy atom. The summed E-state index contributed by atoms with van der Waals surface area (Å²) < 4.78 is 5.50. The number of pyridine rings is 1. The van der Waals surface area contributed by atoms with E-state index in [1.165, 1.54) is 5.69 Å². The van der Waals surface area contributed by atoms with Crippen LogP contribution in [0.15, 0.2) is 83.5 Å². The smallest absolute Gasteiger partial charge is 0.252 e. The number of furan rings is 1. The quantitative estimate of drug-likeness (QED) is 0.528. The van der Waals surface area contributed by atoms with Crippen LogP contribution in [0.25, 0.3) is 22.4 Å². The molecule has 5 heteroatoms. The third-order valence-corrected chi connectivity index (χ3v) is 5.69. The number of carbonyl (C=O) groups is 1. The first-order chi connectivity index (χ1) is 14.8. The molecule has 1 N–H and O–H groups in total. The predicted octanol–water partition coefficient (Wildman–Crippen LogP) is 4.75. The largest absolute Gasteiger partial charge is 0.463 e. The minimum atomic E-state index is -0.0698. The lowest BCUT2D eigenvalue weighted by atomic mass is 10.1. The van der Waals surface area contributed by atoms with Crippen LogP contribution < -0.4 is 10.2 Å². The van der Waals surface area contributed by atoms with Crippen molar-refractivity contribution in [3.8, 4) is 11.5 Å². The van der Waals surface area contributed by atoms with Crippen LogP contribution in [0.3, 0.4) is 0 Å². The molecule has 0 aliphatic carbocycles. The molecule has 0 saturated carbocycles. The van der Waals surface area contributed by atoms with Gasteiger partial charge in [0.05, 0.1) is 17.3 Å². The monoisotopic (exact) mass is 397 g/mol. The molecule has 3 heterocycles. The summed E-state index contributed by atoms with van der Waals surface area (Å²) in [6.07, 6.45) is 2.69. The topological polar surface area (TPSA) is 58.4 Å². The zero-order valence-electron chi connectivity index (χ0n) is 16.6. The van der Waals surface area contributed by atoms with Gasteiger partial charge in [-0.05, 0) is 48.7 Å². The zero-order chi connectivity index (χ0) is 20.3. The third-order valence-electron chi connectivity index (χ3n) is 5.69. The second kappa shape index (κ2) is 8.03. The molecule has 1 amide bonds. The van der Waals surface area contributed by atoms with Crippen LogP contribution >= 0.6 is 0 Å². The van der Waals surface area contributed by atoms with Crippen LogP contribution in [0, 0.1) is 5.92 Å². The number of hydrogen-bond acceptors (Lipinski definition) is 4. The lowest BCUT2D eigenvalue weighted by molar-refractivity contribution is 0.0950. The fraction of sp³-hybridized carbons (Fsp3) is 0.200. The normalized spacial score (nSPS) is 16.1. The molecule has 0 radical (unpaired) electrons. The van der Waals surface area contributed by atoms with Crippen LogP contribution in [0.4, 0.5) is 5.69 Å². The molecule has 1 atom stereocenters. The van der Waals surface area contributed by atoms with E-state index in [4.69, 9.17) is 4.42 Å². The standard InChI is InChI=1S/C25H23N3O2/c29-25(26-16-18-12-13-28(17-18)19-7-2-1-3-8-19)21-15-23(24-11-6-14-30-24)27-22-10-5-4-9-20(21)22/h1-11,14-15,18H,12-13,16-17H2,(H,26,29). The Balaban J connectivity index is 1.33. The molecule has 0 spiro atoms. The summed E-state index contributed by atoms with van der Waals surface area (Å²) in [4.78, 5) is 20.1. The summed E-state index contributed by atoms with van der Waals surface area (Å²) in [5.74, 6) is 1.02. The van der Waals surface area contributed by atoms with E-state index < -0.39 is 0 Å². The number of aromatic nitrogens is 1. The lowest BCUT2D eigenvalue weighted by Gasteiger charge is -2.18. The Labute approximate surface area is 175 Å². The van der Waals surface area contributed by atoms with Gasteiger partial charge in [0.15, 0.2) is 5.76 Å². The minimum absolute atomic E-state index is 0.0698. The van der Waals surface area contributed by atoms with Crippen molar-refractivity contribution >= 4 is 22.5 Å². The summed E-state index contributed by atoms with van der Waals surface area (Å²) in [7, 11) is 0. The Bertz CT molecular complexity index is 1160. The lowest BCUT2D eigenvalue weighted by Crippen LogP contribution is -2.31. The maximum Gasteiger partial charge on any atom is 0.252 e. The Hall–Kier alpha value is -3.60. The fourth-order valence-electron chi connectivity index (χ4n) is 4.12. The van der Waals surface area contributed by atoms with Gasteiger partial charge in [0, 0.05) is 30.7 Å². The Morgan fingerprint density at radius 2 is 1.90 bits per heavy atom. The second-order valence-corrected chi connectivity index (χ2v) is 7.70. The average molecular weight is 397 g/mol. The van der Waals surface area contributed by atoms with Crippen molar-refractivity contribution in [1.29, 1.82) is 0 Å². The van der Waals surface area contributed by atoms with E-state index in [9.17, 15) is 4.79 Å². The maximum absolute atomic E-state index is 13.1. The number of nitrogens with one attached hydrogen (secondary N) is 1. The van der Waals surface area contributed by atoms with E-state index in [0.717, 1.165) is 30.4 Å². The third kappa shape index (κ3) is 3.66. The fourth-order valence-corrected chi connectivity index (χ4v) is 4.12. The highest BCUT2D eigenvalue weighted by atomic mass is 16.3. The van der Waals surface area contributed by atoms with Gasteiger partial charge in [0.1, 0.15) is 5.69 Å². The highest BCUT2D eigenvalue weighted by Crippen LogP contribution is 2.26. The molecule has 1 saturated heterocycles. The van der Waals surface area contributed by atoms with E-state index in [-0.39, 0.29) is 5.91 Å². The molecule has 30 heavy (non-hydrogen) atoms. The number of carbonyl (C=O) groups excluding carboxylic acids is 1. The van der Waals surface area contributed by atoms with Crippen molar-refractivity contribution in [3.05, 3.63) is 84.6 Å². The molecule has 4 aromatic rings. The average Bonchev–Trinajstić information content (AvgIpc) is 3.50. The first-order valence-electron chi connectivity index (χ1n) is 10.3. The molecule has 2 aromatic carbocycles. The summed E-state index contributed by atoms with van der Waals surface area (Å²) in [6, 6.07) is 23.7. The van der Waals surface area contributed by atoms with Gasteiger partial charge < -0.3 is 14.6 Å². The van der Waals surface area contributed by atoms with E-state index in [0.29, 0.717) is 29.5 Å². The number of anilines is 1. The number of para-hydroxylation sites is 2. The molecule has 150 valence electrons. The van der Waals surface area contributed by atoms with Crippen molar-refractivity contribution in [2.24, 2.45) is 5.92 Å². The number of rotatable bonds is 5. The molecule has 1 aliphatic heterocycles. The summed E-state index contributed by atoms with van der Waals surface area (Å²) in [5, 5.41) is 4.00. The van der Waals surface area contributed by atoms with Crippen molar-refractivity contribution in [2.75, 3.05) is 24.5 Å². The number of hydrogen-bond donors (Lipinski definition) is 1. The maximum atomic E-state index is 13.1. The molecule has 1 aliphatic rings. The van der Waals surface area contributed by atoms with Gasteiger partial charge in [-0.2, -0.15) is 0 Å². The first kappa shape index (κ1) is 18.4. The van der Waals surface area contributed by atoms with Gasteiger partial charge in [-0.15, -0.1) is 0 Å². The van der Waals surface area contributed by atoms with Crippen LogP contribution in [-0.4, -0.2) is 30.5 Å². The predicted molar refractivity (Wildman–Crippen MR) is 119 cm³/mol. The van der Waals surface area contributed by atoms with Crippen LogP contribution in [0.1, 0.15) is 16.8 Å². The van der Waals surface area contributed by atoms with Gasteiger partial charge in [-0.25, -0.2) is 4.98 Å². The van der Waals surface area contributed by atoms with E-state index in [1.54, 1.807) is 6.26 Å². The molecule has 1 unspecified atom stereocenters. The van der Waals surface area contributed by atoms with E-state index in [2.05, 4.69) is 39.5 Å². The van der Waals surface area contributed by atoms with Gasteiger partial charge >= 0.3 is 0 Å². The van der Waals surface area contributed by atoms with Crippen molar-refractivity contribution in [2.45, 2.75) is 6.42 Å². The highest BCUT2D eigenvalue weighted by Gasteiger charge is 2.23. The van der Waals surface area contributed by atoms with Crippen molar-refractivity contribution in [3.63, 3.8) is 0 Å². The van der Waals surface area contributed by atoms with E-state index in [1.807, 2.05) is 48.5 Å². The number of benzene rings is 2. The second-order valence-electron chi connectivity index (χ2n) is 7.70. The molecular formula is C25H23N3O2.